The van der Waals surface area contributed by atoms with Crippen molar-refractivity contribution in [3.8, 4) is 0 Å². The molecule has 1 aliphatic heterocycles. The van der Waals surface area contributed by atoms with Crippen LogP contribution in [0.25, 0.3) is 0 Å². The van der Waals surface area contributed by atoms with Gasteiger partial charge in [-0.15, -0.1) is 5.10 Å². The minimum Gasteiger partial charge on any atom is -0.335 e. The molecule has 3 rings (SSSR count). The van der Waals surface area contributed by atoms with Crippen LogP contribution in [0.3, 0.4) is 0 Å². The highest BCUT2D eigenvalue weighted by Crippen LogP contribution is 2.16. The summed E-state index contributed by atoms with van der Waals surface area (Å²) in [6, 6.07) is 9.24. The van der Waals surface area contributed by atoms with Crippen LogP contribution in [0.15, 0.2) is 30.3 Å². The third kappa shape index (κ3) is 3.24. The van der Waals surface area contributed by atoms with E-state index in [1.54, 1.807) is 9.80 Å². The lowest BCUT2D eigenvalue weighted by atomic mass is 10.2. The van der Waals surface area contributed by atoms with Crippen LogP contribution in [-0.2, 0) is 6.42 Å². The molecule has 6 nitrogen and oxygen atoms in total. The van der Waals surface area contributed by atoms with Gasteiger partial charge in [-0.05, 0) is 30.1 Å². The Labute approximate surface area is 138 Å². The molecule has 0 bridgehead atoms. The molecule has 0 saturated carbocycles. The van der Waals surface area contributed by atoms with Gasteiger partial charge in [-0.2, -0.15) is 0 Å². The van der Waals surface area contributed by atoms with E-state index < -0.39 is 0 Å². The number of hydrogen-bond acceptors (Lipinski definition) is 5. The van der Waals surface area contributed by atoms with Crippen LogP contribution in [0.1, 0.15) is 32.6 Å². The first kappa shape index (κ1) is 15.6. The largest absolute Gasteiger partial charge is 0.335 e. The fourth-order valence-electron chi connectivity index (χ4n) is 2.62. The van der Waals surface area contributed by atoms with Gasteiger partial charge in [0.25, 0.3) is 11.8 Å². The summed E-state index contributed by atoms with van der Waals surface area (Å²) in [4.78, 5) is 29.1. The summed E-state index contributed by atoms with van der Waals surface area (Å²) >= 11 is 1.15. The molecule has 120 valence electrons. The minimum absolute atomic E-state index is 0.0198. The summed E-state index contributed by atoms with van der Waals surface area (Å²) in [6.45, 7) is 4.14. The van der Waals surface area contributed by atoms with Crippen molar-refractivity contribution in [3.63, 3.8) is 0 Å². The quantitative estimate of drug-likeness (QED) is 0.859. The zero-order chi connectivity index (χ0) is 16.2. The summed E-state index contributed by atoms with van der Waals surface area (Å²) in [7, 11) is 0. The van der Waals surface area contributed by atoms with Gasteiger partial charge >= 0.3 is 0 Å². The van der Waals surface area contributed by atoms with Crippen LogP contribution >= 0.6 is 11.5 Å². The smallest absolute Gasteiger partial charge is 0.267 e. The van der Waals surface area contributed by atoms with Gasteiger partial charge in [-0.25, -0.2) is 0 Å². The van der Waals surface area contributed by atoms with Crippen LogP contribution in [0.4, 0.5) is 0 Å². The Balaban J connectivity index is 1.62. The normalized spacial score (nSPS) is 14.8. The number of benzene rings is 1. The molecular weight excluding hydrogens is 312 g/mol. The van der Waals surface area contributed by atoms with E-state index in [1.165, 1.54) is 0 Å². The monoisotopic (exact) mass is 330 g/mol. The molecule has 0 N–H and O–H groups in total. The zero-order valence-corrected chi connectivity index (χ0v) is 13.8. The maximum atomic E-state index is 12.5. The first-order valence-electron chi connectivity index (χ1n) is 7.65. The molecule has 0 spiro atoms. The zero-order valence-electron chi connectivity index (χ0n) is 12.9. The van der Waals surface area contributed by atoms with Gasteiger partial charge < -0.3 is 9.80 Å². The second-order valence-corrected chi connectivity index (χ2v) is 6.11. The molecule has 2 heterocycles. The molecule has 0 radical (unpaired) electrons. The molecular formula is C16H18N4O2S. The van der Waals surface area contributed by atoms with E-state index in [1.807, 2.05) is 37.3 Å². The third-order valence-corrected chi connectivity index (χ3v) is 4.72. The average molecular weight is 330 g/mol. The number of aromatic nitrogens is 2. The highest BCUT2D eigenvalue weighted by Gasteiger charge is 2.27. The predicted molar refractivity (Wildman–Crippen MR) is 87.5 cm³/mol. The van der Waals surface area contributed by atoms with E-state index in [2.05, 4.69) is 9.59 Å². The van der Waals surface area contributed by atoms with Crippen molar-refractivity contribution >= 4 is 23.3 Å². The fourth-order valence-corrected chi connectivity index (χ4v) is 3.34. The molecule has 1 aromatic carbocycles. The summed E-state index contributed by atoms with van der Waals surface area (Å²) < 4.78 is 3.87. The second kappa shape index (κ2) is 6.87. The highest BCUT2D eigenvalue weighted by atomic mass is 32.1. The Morgan fingerprint density at radius 1 is 1.04 bits per heavy atom. The standard InChI is InChI=1S/C16H18N4O2S/c1-2-13-14(23-18-17-13)16(22)20-10-8-19(9-11-20)15(21)12-6-4-3-5-7-12/h3-7H,2,8-11H2,1H3. The summed E-state index contributed by atoms with van der Waals surface area (Å²) in [5.74, 6) is -0.00457. The minimum atomic E-state index is -0.0244. The maximum absolute atomic E-state index is 12.5. The van der Waals surface area contributed by atoms with Crippen molar-refractivity contribution in [1.82, 2.24) is 19.4 Å². The number of piperazine rings is 1. The Hall–Kier alpha value is -2.28. The van der Waals surface area contributed by atoms with Crippen LogP contribution in [0.5, 0.6) is 0 Å². The van der Waals surface area contributed by atoms with Crippen LogP contribution < -0.4 is 0 Å². The van der Waals surface area contributed by atoms with Gasteiger partial charge in [0.05, 0.1) is 5.69 Å². The Morgan fingerprint density at radius 3 is 2.26 bits per heavy atom. The molecule has 1 aliphatic rings. The summed E-state index contributed by atoms with van der Waals surface area (Å²) in [5, 5.41) is 3.99. The predicted octanol–water partition coefficient (Wildman–Crippen LogP) is 1.70. The number of rotatable bonds is 3. The third-order valence-electron chi connectivity index (χ3n) is 3.96. The van der Waals surface area contributed by atoms with Gasteiger partial charge in [0, 0.05) is 31.7 Å². The first-order valence-corrected chi connectivity index (χ1v) is 8.43. The SMILES string of the molecule is CCc1nnsc1C(=O)N1CCN(C(=O)c2ccccc2)CC1. The van der Waals surface area contributed by atoms with Crippen molar-refractivity contribution < 1.29 is 9.59 Å². The maximum Gasteiger partial charge on any atom is 0.267 e. The molecule has 2 amide bonds. The van der Waals surface area contributed by atoms with Crippen molar-refractivity contribution in [2.75, 3.05) is 26.2 Å². The number of amides is 2. The van der Waals surface area contributed by atoms with E-state index in [-0.39, 0.29) is 11.8 Å². The van der Waals surface area contributed by atoms with E-state index in [0.29, 0.717) is 43.0 Å². The van der Waals surface area contributed by atoms with Crippen LogP contribution in [0, 0.1) is 0 Å². The number of carbonyl (C=O) groups excluding carboxylic acids is 2. The van der Waals surface area contributed by atoms with E-state index >= 15 is 0 Å². The van der Waals surface area contributed by atoms with Gasteiger partial charge in [-0.3, -0.25) is 9.59 Å². The molecule has 1 fully saturated rings. The molecule has 0 aliphatic carbocycles. The van der Waals surface area contributed by atoms with Crippen molar-refractivity contribution in [1.29, 1.82) is 0 Å². The van der Waals surface area contributed by atoms with Gasteiger partial charge in [-0.1, -0.05) is 29.6 Å². The molecule has 1 aromatic heterocycles. The number of carbonyl (C=O) groups is 2. The van der Waals surface area contributed by atoms with E-state index in [4.69, 9.17) is 0 Å². The van der Waals surface area contributed by atoms with E-state index in [9.17, 15) is 9.59 Å². The molecule has 23 heavy (non-hydrogen) atoms. The van der Waals surface area contributed by atoms with Crippen molar-refractivity contribution in [2.45, 2.75) is 13.3 Å². The molecule has 0 atom stereocenters. The fraction of sp³-hybridized carbons (Fsp3) is 0.375. The molecule has 0 unspecified atom stereocenters. The lowest BCUT2D eigenvalue weighted by Gasteiger charge is -2.34. The first-order chi connectivity index (χ1) is 11.2. The number of hydrogen-bond donors (Lipinski definition) is 0. The Kier molecular flexibility index (Phi) is 4.66. The van der Waals surface area contributed by atoms with Gasteiger partial charge in [0.1, 0.15) is 4.88 Å². The lowest BCUT2D eigenvalue weighted by Crippen LogP contribution is -2.50. The average Bonchev–Trinajstić information content (AvgIpc) is 3.10. The van der Waals surface area contributed by atoms with E-state index in [0.717, 1.165) is 17.2 Å². The van der Waals surface area contributed by atoms with Gasteiger partial charge in [0.2, 0.25) is 0 Å². The summed E-state index contributed by atoms with van der Waals surface area (Å²) in [5.41, 5.74) is 1.44. The number of nitrogens with zero attached hydrogens (tertiary/aromatic N) is 4. The van der Waals surface area contributed by atoms with Crippen LogP contribution in [-0.4, -0.2) is 57.4 Å². The molecule has 1 saturated heterocycles. The second-order valence-electron chi connectivity index (χ2n) is 5.35. The molecule has 7 heteroatoms. The number of aryl methyl sites for hydroxylation is 1. The van der Waals surface area contributed by atoms with Crippen molar-refractivity contribution in [3.05, 3.63) is 46.5 Å². The topological polar surface area (TPSA) is 66.4 Å². The van der Waals surface area contributed by atoms with Gasteiger partial charge in [0.15, 0.2) is 0 Å². The Bertz CT molecular complexity index is 693. The summed E-state index contributed by atoms with van der Waals surface area (Å²) in [6.07, 6.45) is 0.698. The van der Waals surface area contributed by atoms with Crippen molar-refractivity contribution in [2.24, 2.45) is 0 Å². The van der Waals surface area contributed by atoms with Crippen LogP contribution in [0.2, 0.25) is 0 Å². The lowest BCUT2D eigenvalue weighted by molar-refractivity contribution is 0.0537. The molecule has 2 aromatic rings. The highest BCUT2D eigenvalue weighted by molar-refractivity contribution is 7.08. The Morgan fingerprint density at radius 2 is 1.65 bits per heavy atom.